The number of aromatic amines is 1. The van der Waals surface area contributed by atoms with Crippen LogP contribution in [0.15, 0.2) is 67.0 Å². The summed E-state index contributed by atoms with van der Waals surface area (Å²) in [6, 6.07) is 17.2. The lowest BCUT2D eigenvalue weighted by molar-refractivity contribution is 0.276. The second kappa shape index (κ2) is 7.15. The van der Waals surface area contributed by atoms with Crippen molar-refractivity contribution in [2.75, 3.05) is 11.9 Å². The van der Waals surface area contributed by atoms with Crippen LogP contribution in [0.4, 0.5) is 5.82 Å². The van der Waals surface area contributed by atoms with E-state index < -0.39 is 0 Å². The standard InChI is InChI=1S/C20H17ClN4O/c21-14-9-15-16(11-23-20(15)22-10-14)17-7-4-8-19(24-17)25-18(12-26)13-5-2-1-3-6-13/h1-11,18,26H,12H2,(H,22,23)(H,24,25)/t18-/m0/s1. The lowest BCUT2D eigenvalue weighted by atomic mass is 10.1. The molecule has 6 heteroatoms. The summed E-state index contributed by atoms with van der Waals surface area (Å²) in [7, 11) is 0. The number of H-pyrrole nitrogens is 1. The maximum atomic E-state index is 9.75. The number of halogens is 1. The molecule has 0 amide bonds. The quantitative estimate of drug-likeness (QED) is 0.490. The van der Waals surface area contributed by atoms with Gasteiger partial charge in [0.2, 0.25) is 0 Å². The molecule has 1 aromatic carbocycles. The van der Waals surface area contributed by atoms with E-state index in [0.717, 1.165) is 27.9 Å². The van der Waals surface area contributed by atoms with Gasteiger partial charge in [0.25, 0.3) is 0 Å². The Labute approximate surface area is 155 Å². The van der Waals surface area contributed by atoms with E-state index in [2.05, 4.69) is 15.3 Å². The van der Waals surface area contributed by atoms with Gasteiger partial charge in [0.1, 0.15) is 11.5 Å². The van der Waals surface area contributed by atoms with Gasteiger partial charge in [0, 0.05) is 23.3 Å². The third-order valence-corrected chi connectivity index (χ3v) is 4.44. The Bertz CT molecular complexity index is 1030. The van der Waals surface area contributed by atoms with Crippen molar-refractivity contribution in [1.29, 1.82) is 0 Å². The number of anilines is 1. The van der Waals surface area contributed by atoms with Gasteiger partial charge in [-0.3, -0.25) is 0 Å². The summed E-state index contributed by atoms with van der Waals surface area (Å²) in [6.07, 6.45) is 3.49. The van der Waals surface area contributed by atoms with Crippen LogP contribution in [0.3, 0.4) is 0 Å². The molecule has 3 N–H and O–H groups in total. The Morgan fingerprint density at radius 1 is 1.12 bits per heavy atom. The fourth-order valence-electron chi connectivity index (χ4n) is 2.95. The molecule has 130 valence electrons. The minimum absolute atomic E-state index is 0.0253. The van der Waals surface area contributed by atoms with Crippen LogP contribution in [0, 0.1) is 0 Å². The molecule has 0 spiro atoms. The van der Waals surface area contributed by atoms with E-state index in [1.165, 1.54) is 0 Å². The van der Waals surface area contributed by atoms with Gasteiger partial charge in [0.05, 0.1) is 23.4 Å². The normalized spacial score (nSPS) is 12.2. The van der Waals surface area contributed by atoms with E-state index in [4.69, 9.17) is 16.6 Å². The van der Waals surface area contributed by atoms with E-state index in [0.29, 0.717) is 10.8 Å². The largest absolute Gasteiger partial charge is 0.394 e. The molecule has 1 atom stereocenters. The smallest absolute Gasteiger partial charge is 0.138 e. The summed E-state index contributed by atoms with van der Waals surface area (Å²) < 4.78 is 0. The van der Waals surface area contributed by atoms with Gasteiger partial charge < -0.3 is 15.4 Å². The highest BCUT2D eigenvalue weighted by atomic mass is 35.5. The number of fused-ring (bicyclic) bond motifs is 1. The number of rotatable bonds is 5. The molecule has 0 saturated carbocycles. The van der Waals surface area contributed by atoms with Gasteiger partial charge in [-0.2, -0.15) is 0 Å². The minimum Gasteiger partial charge on any atom is -0.394 e. The second-order valence-corrected chi connectivity index (χ2v) is 6.39. The first kappa shape index (κ1) is 16.6. The molecule has 3 heterocycles. The van der Waals surface area contributed by atoms with Crippen molar-refractivity contribution in [1.82, 2.24) is 15.0 Å². The molecule has 0 bridgehead atoms. The summed E-state index contributed by atoms with van der Waals surface area (Å²) in [5.74, 6) is 0.690. The van der Waals surface area contributed by atoms with E-state index >= 15 is 0 Å². The third kappa shape index (κ3) is 3.27. The number of nitrogens with zero attached hydrogens (tertiary/aromatic N) is 2. The lowest BCUT2D eigenvalue weighted by Crippen LogP contribution is -2.15. The predicted octanol–water partition coefficient (Wildman–Crippen LogP) is 4.42. The average molecular weight is 365 g/mol. The van der Waals surface area contributed by atoms with Gasteiger partial charge in [0.15, 0.2) is 0 Å². The topological polar surface area (TPSA) is 73.8 Å². The molecule has 26 heavy (non-hydrogen) atoms. The third-order valence-electron chi connectivity index (χ3n) is 4.23. The number of aliphatic hydroxyl groups excluding tert-OH is 1. The van der Waals surface area contributed by atoms with Crippen molar-refractivity contribution in [2.24, 2.45) is 0 Å². The molecule has 4 aromatic rings. The van der Waals surface area contributed by atoms with Crippen LogP contribution in [-0.2, 0) is 0 Å². The van der Waals surface area contributed by atoms with Crippen LogP contribution in [-0.4, -0.2) is 26.7 Å². The van der Waals surface area contributed by atoms with Gasteiger partial charge in [-0.1, -0.05) is 48.0 Å². The number of pyridine rings is 2. The van der Waals surface area contributed by atoms with Crippen molar-refractivity contribution in [3.05, 3.63) is 77.6 Å². The van der Waals surface area contributed by atoms with Crippen molar-refractivity contribution < 1.29 is 5.11 Å². The summed E-state index contributed by atoms with van der Waals surface area (Å²) in [5.41, 5.74) is 3.50. The molecule has 0 unspecified atom stereocenters. The molecule has 4 rings (SSSR count). The van der Waals surface area contributed by atoms with Crippen molar-refractivity contribution >= 4 is 28.5 Å². The Hall–Kier alpha value is -2.89. The number of hydrogen-bond acceptors (Lipinski definition) is 4. The zero-order valence-corrected chi connectivity index (χ0v) is 14.6. The predicted molar refractivity (Wildman–Crippen MR) is 104 cm³/mol. The first-order valence-electron chi connectivity index (χ1n) is 8.27. The molecule has 0 aliphatic carbocycles. The molecule has 0 radical (unpaired) electrons. The van der Waals surface area contributed by atoms with Crippen molar-refractivity contribution in [3.63, 3.8) is 0 Å². The summed E-state index contributed by atoms with van der Waals surface area (Å²) in [4.78, 5) is 12.1. The summed E-state index contributed by atoms with van der Waals surface area (Å²) in [6.45, 7) is -0.0253. The van der Waals surface area contributed by atoms with Crippen LogP contribution in [0.1, 0.15) is 11.6 Å². The van der Waals surface area contributed by atoms with E-state index in [-0.39, 0.29) is 12.6 Å². The number of benzene rings is 1. The van der Waals surface area contributed by atoms with Crippen LogP contribution >= 0.6 is 11.6 Å². The Balaban J connectivity index is 1.67. The Morgan fingerprint density at radius 2 is 1.96 bits per heavy atom. The fraction of sp³-hybridized carbons (Fsp3) is 0.100. The Morgan fingerprint density at radius 3 is 2.77 bits per heavy atom. The fourth-order valence-corrected chi connectivity index (χ4v) is 3.11. The summed E-state index contributed by atoms with van der Waals surface area (Å²) >= 11 is 6.08. The molecular formula is C20H17ClN4O. The lowest BCUT2D eigenvalue weighted by Gasteiger charge is -2.17. The maximum absolute atomic E-state index is 9.75. The number of aliphatic hydroxyl groups is 1. The zero-order chi connectivity index (χ0) is 17.9. The summed E-state index contributed by atoms with van der Waals surface area (Å²) in [5, 5.41) is 14.5. The van der Waals surface area contributed by atoms with Crippen molar-refractivity contribution in [3.8, 4) is 11.3 Å². The molecule has 3 aromatic heterocycles. The first-order chi connectivity index (χ1) is 12.7. The maximum Gasteiger partial charge on any atom is 0.138 e. The van der Waals surface area contributed by atoms with E-state index in [1.54, 1.807) is 6.20 Å². The number of hydrogen-bond donors (Lipinski definition) is 3. The SMILES string of the molecule is OC[C@H](Nc1cccc(-c2c[nH]c3ncc(Cl)cc23)n1)c1ccccc1. The van der Waals surface area contributed by atoms with Crippen LogP contribution in [0.5, 0.6) is 0 Å². The van der Waals surface area contributed by atoms with Gasteiger partial charge in [-0.25, -0.2) is 9.97 Å². The van der Waals surface area contributed by atoms with E-state index in [1.807, 2.05) is 60.8 Å². The first-order valence-corrected chi connectivity index (χ1v) is 8.65. The van der Waals surface area contributed by atoms with Gasteiger partial charge in [-0.15, -0.1) is 0 Å². The zero-order valence-electron chi connectivity index (χ0n) is 13.9. The monoisotopic (exact) mass is 364 g/mol. The molecule has 0 saturated heterocycles. The van der Waals surface area contributed by atoms with Crippen LogP contribution in [0.2, 0.25) is 5.02 Å². The molecule has 0 aliphatic rings. The van der Waals surface area contributed by atoms with Crippen LogP contribution < -0.4 is 5.32 Å². The highest BCUT2D eigenvalue weighted by Crippen LogP contribution is 2.29. The van der Waals surface area contributed by atoms with E-state index in [9.17, 15) is 5.11 Å². The Kier molecular flexibility index (Phi) is 4.56. The van der Waals surface area contributed by atoms with Crippen molar-refractivity contribution in [2.45, 2.75) is 6.04 Å². The van der Waals surface area contributed by atoms with Crippen LogP contribution in [0.25, 0.3) is 22.3 Å². The molecule has 0 aliphatic heterocycles. The van der Waals surface area contributed by atoms with Gasteiger partial charge >= 0.3 is 0 Å². The highest BCUT2D eigenvalue weighted by molar-refractivity contribution is 6.31. The number of nitrogens with one attached hydrogen (secondary N) is 2. The second-order valence-electron chi connectivity index (χ2n) is 5.95. The minimum atomic E-state index is -0.224. The highest BCUT2D eigenvalue weighted by Gasteiger charge is 2.13. The molecule has 0 fully saturated rings. The number of aromatic nitrogens is 3. The molecular weight excluding hydrogens is 348 g/mol. The van der Waals surface area contributed by atoms with Gasteiger partial charge in [-0.05, 0) is 23.8 Å². The average Bonchev–Trinajstić information content (AvgIpc) is 3.10. The molecule has 5 nitrogen and oxygen atoms in total.